The standard InChI is InChI=1S/C36H40N4O8S/c1-23-20-40(24(2)22-45-4)35(41)28-12-8-14-30(38-36(42)37-29-13-7-10-25-9-5-6-11-27(25)29)34(28)48-33(23)21-39(3)49(43,44)26-15-16-31-32(19-26)47-18-17-46-31/h5-16,19,23-24,33H,17-18,20-22H2,1-4H3,(H2,37,38,42)/t23-,24+,33+/m1/s1. The third-order valence-electron chi connectivity index (χ3n) is 8.78. The fourth-order valence-electron chi connectivity index (χ4n) is 6.12. The first-order chi connectivity index (χ1) is 23.6. The highest BCUT2D eigenvalue weighted by molar-refractivity contribution is 7.89. The van der Waals surface area contributed by atoms with Gasteiger partial charge in [0.05, 0.1) is 41.0 Å². The minimum atomic E-state index is -3.99. The van der Waals surface area contributed by atoms with E-state index in [9.17, 15) is 18.0 Å². The van der Waals surface area contributed by atoms with Crippen LogP contribution in [0.2, 0.25) is 0 Å². The summed E-state index contributed by atoms with van der Waals surface area (Å²) in [6.45, 7) is 5.04. The predicted octanol–water partition coefficient (Wildman–Crippen LogP) is 5.45. The van der Waals surface area contributed by atoms with E-state index in [1.807, 2.05) is 56.3 Å². The molecule has 258 valence electrons. The molecule has 49 heavy (non-hydrogen) atoms. The van der Waals surface area contributed by atoms with Crippen LogP contribution >= 0.6 is 0 Å². The Hall–Kier alpha value is -4.85. The molecule has 6 rings (SSSR count). The summed E-state index contributed by atoms with van der Waals surface area (Å²) < 4.78 is 52.0. The van der Waals surface area contributed by atoms with Crippen LogP contribution in [0, 0.1) is 5.92 Å². The quantitative estimate of drug-likeness (QED) is 0.237. The van der Waals surface area contributed by atoms with Crippen LogP contribution in [0.3, 0.4) is 0 Å². The van der Waals surface area contributed by atoms with Crippen molar-refractivity contribution in [2.45, 2.75) is 30.9 Å². The van der Waals surface area contributed by atoms with Crippen LogP contribution in [0.1, 0.15) is 24.2 Å². The van der Waals surface area contributed by atoms with E-state index < -0.39 is 22.2 Å². The van der Waals surface area contributed by atoms with Gasteiger partial charge < -0.3 is 34.5 Å². The van der Waals surface area contributed by atoms with Gasteiger partial charge in [0, 0.05) is 38.1 Å². The van der Waals surface area contributed by atoms with Crippen molar-refractivity contribution < 1.29 is 37.0 Å². The number of anilines is 2. The monoisotopic (exact) mass is 688 g/mol. The largest absolute Gasteiger partial charge is 0.486 e. The molecule has 2 aliphatic rings. The number of nitrogens with one attached hydrogen (secondary N) is 2. The Balaban J connectivity index is 1.31. The Morgan fingerprint density at radius 3 is 2.47 bits per heavy atom. The van der Waals surface area contributed by atoms with Crippen LogP contribution in [-0.4, -0.2) is 88.8 Å². The van der Waals surface area contributed by atoms with E-state index in [1.165, 1.54) is 23.5 Å². The van der Waals surface area contributed by atoms with Gasteiger partial charge in [-0.25, -0.2) is 13.2 Å². The second kappa shape index (κ2) is 14.3. The molecule has 0 aliphatic carbocycles. The SMILES string of the molecule is COC[C@H](C)N1C[C@@H](C)[C@H](CN(C)S(=O)(=O)c2ccc3c(c2)OCCO3)Oc2c(NC(=O)Nc3cccc4ccccc34)cccc2C1=O. The van der Waals surface area contributed by atoms with E-state index in [0.717, 1.165) is 10.8 Å². The number of amides is 3. The summed E-state index contributed by atoms with van der Waals surface area (Å²) in [6.07, 6.45) is -0.717. The van der Waals surface area contributed by atoms with Crippen LogP contribution in [0.5, 0.6) is 17.2 Å². The number of fused-ring (bicyclic) bond motifs is 3. The zero-order chi connectivity index (χ0) is 34.7. The molecule has 3 atom stereocenters. The number of hydrogen-bond donors (Lipinski definition) is 2. The smallest absolute Gasteiger partial charge is 0.323 e. The van der Waals surface area contributed by atoms with Crippen molar-refractivity contribution in [1.82, 2.24) is 9.21 Å². The van der Waals surface area contributed by atoms with Gasteiger partial charge in [0.25, 0.3) is 5.91 Å². The topological polar surface area (TPSA) is 136 Å². The Labute approximate surface area is 285 Å². The number of benzene rings is 4. The Morgan fingerprint density at radius 2 is 1.67 bits per heavy atom. The number of nitrogens with zero attached hydrogens (tertiary/aromatic N) is 2. The van der Waals surface area contributed by atoms with Crippen molar-refractivity contribution in [3.05, 3.63) is 84.4 Å². The fourth-order valence-corrected chi connectivity index (χ4v) is 7.32. The van der Waals surface area contributed by atoms with Crippen molar-refractivity contribution in [3.63, 3.8) is 0 Å². The molecule has 0 bridgehead atoms. The first-order valence-electron chi connectivity index (χ1n) is 16.1. The van der Waals surface area contributed by atoms with Gasteiger partial charge in [-0.15, -0.1) is 0 Å². The lowest BCUT2D eigenvalue weighted by molar-refractivity contribution is 0.0340. The number of likely N-dealkylation sites (N-methyl/N-ethyl adjacent to an activating group) is 1. The lowest BCUT2D eigenvalue weighted by Crippen LogP contribution is -2.50. The van der Waals surface area contributed by atoms with Crippen LogP contribution in [0.25, 0.3) is 10.8 Å². The molecule has 2 N–H and O–H groups in total. The van der Waals surface area contributed by atoms with E-state index in [1.54, 1.807) is 36.3 Å². The molecule has 4 aromatic carbocycles. The molecule has 12 nitrogen and oxygen atoms in total. The maximum Gasteiger partial charge on any atom is 0.323 e. The average Bonchev–Trinajstić information content (AvgIpc) is 3.10. The zero-order valence-corrected chi connectivity index (χ0v) is 28.7. The number of urea groups is 1. The Morgan fingerprint density at radius 1 is 0.980 bits per heavy atom. The maximum absolute atomic E-state index is 14.1. The molecule has 3 amide bonds. The molecule has 0 aromatic heterocycles. The molecule has 0 saturated heterocycles. The molecule has 0 unspecified atom stereocenters. The molecule has 2 aliphatic heterocycles. The molecule has 0 radical (unpaired) electrons. The van der Waals surface area contributed by atoms with Crippen LogP contribution in [-0.2, 0) is 14.8 Å². The van der Waals surface area contributed by atoms with E-state index in [0.29, 0.717) is 37.0 Å². The van der Waals surface area contributed by atoms with Gasteiger partial charge in [0.15, 0.2) is 17.2 Å². The van der Waals surface area contributed by atoms with Crippen molar-refractivity contribution in [2.75, 3.05) is 57.7 Å². The van der Waals surface area contributed by atoms with Gasteiger partial charge >= 0.3 is 6.03 Å². The number of carbonyl (C=O) groups excluding carboxylic acids is 2. The summed E-state index contributed by atoms with van der Waals surface area (Å²) in [5.74, 6) is 0.383. The van der Waals surface area contributed by atoms with Gasteiger partial charge in [-0.05, 0) is 42.6 Å². The minimum Gasteiger partial charge on any atom is -0.486 e. The highest BCUT2D eigenvalue weighted by Gasteiger charge is 2.36. The number of rotatable bonds is 9. The van der Waals surface area contributed by atoms with Gasteiger partial charge in [0.1, 0.15) is 19.3 Å². The molecular weight excluding hydrogens is 648 g/mol. The molecule has 13 heteroatoms. The fraction of sp³-hybridized carbons (Fsp3) is 0.333. The molecule has 2 heterocycles. The third-order valence-corrected chi connectivity index (χ3v) is 10.6. The molecule has 0 spiro atoms. The molecule has 0 fully saturated rings. The van der Waals surface area contributed by atoms with Crippen molar-refractivity contribution >= 4 is 44.1 Å². The predicted molar refractivity (Wildman–Crippen MR) is 186 cm³/mol. The highest BCUT2D eigenvalue weighted by Crippen LogP contribution is 2.37. The second-order valence-electron chi connectivity index (χ2n) is 12.3. The summed E-state index contributed by atoms with van der Waals surface area (Å²) in [5.41, 5.74) is 1.11. The zero-order valence-electron chi connectivity index (χ0n) is 27.8. The average molecular weight is 689 g/mol. The van der Waals surface area contributed by atoms with Gasteiger partial charge in [0.2, 0.25) is 10.0 Å². The van der Waals surface area contributed by atoms with E-state index in [-0.39, 0.29) is 52.9 Å². The normalized spacial score (nSPS) is 18.2. The van der Waals surface area contributed by atoms with Crippen molar-refractivity contribution in [1.29, 1.82) is 0 Å². The molecule has 0 saturated carbocycles. The van der Waals surface area contributed by atoms with Gasteiger partial charge in [-0.3, -0.25) is 4.79 Å². The molecule has 4 aromatic rings. The lowest BCUT2D eigenvalue weighted by Gasteiger charge is -2.38. The number of sulfonamides is 1. The number of para-hydroxylation sites is 1. The molecular formula is C36H40N4O8S. The Bertz CT molecular complexity index is 1960. The summed E-state index contributed by atoms with van der Waals surface area (Å²) in [6, 6.07) is 22.0. The third kappa shape index (κ3) is 7.14. The number of methoxy groups -OCH3 is 1. The van der Waals surface area contributed by atoms with E-state index >= 15 is 0 Å². The summed E-state index contributed by atoms with van der Waals surface area (Å²) in [4.78, 5) is 29.2. The van der Waals surface area contributed by atoms with Gasteiger partial charge in [-0.2, -0.15) is 4.31 Å². The maximum atomic E-state index is 14.1. The lowest BCUT2D eigenvalue weighted by atomic mass is 9.99. The summed E-state index contributed by atoms with van der Waals surface area (Å²) in [5, 5.41) is 7.62. The van der Waals surface area contributed by atoms with Gasteiger partial charge in [-0.1, -0.05) is 49.4 Å². The number of ether oxygens (including phenoxy) is 4. The second-order valence-corrected chi connectivity index (χ2v) is 14.3. The summed E-state index contributed by atoms with van der Waals surface area (Å²) in [7, 11) is -0.929. The summed E-state index contributed by atoms with van der Waals surface area (Å²) >= 11 is 0. The van der Waals surface area contributed by atoms with Crippen LogP contribution < -0.4 is 24.8 Å². The van der Waals surface area contributed by atoms with E-state index in [2.05, 4.69) is 10.6 Å². The first-order valence-corrected chi connectivity index (χ1v) is 17.5. The van der Waals surface area contributed by atoms with Crippen molar-refractivity contribution in [2.24, 2.45) is 5.92 Å². The van der Waals surface area contributed by atoms with Crippen LogP contribution in [0.4, 0.5) is 16.2 Å². The number of carbonyl (C=O) groups is 2. The van der Waals surface area contributed by atoms with E-state index in [4.69, 9.17) is 18.9 Å². The highest BCUT2D eigenvalue weighted by atomic mass is 32.2. The minimum absolute atomic E-state index is 0.0470. The number of hydrogen-bond acceptors (Lipinski definition) is 8. The first kappa shape index (κ1) is 34.0. The van der Waals surface area contributed by atoms with Crippen LogP contribution in [0.15, 0.2) is 83.8 Å². The Kier molecular flexibility index (Phi) is 9.95. The van der Waals surface area contributed by atoms with Crippen molar-refractivity contribution in [3.8, 4) is 17.2 Å².